The summed E-state index contributed by atoms with van der Waals surface area (Å²) < 4.78 is 10.9. The Morgan fingerprint density at radius 1 is 1.25 bits per heavy atom. The van der Waals surface area contributed by atoms with Crippen molar-refractivity contribution < 1.29 is 4.21 Å². The van der Waals surface area contributed by atoms with Crippen LogP contribution in [0.2, 0.25) is 0 Å². The third-order valence-electron chi connectivity index (χ3n) is 1.19. The van der Waals surface area contributed by atoms with Gasteiger partial charge >= 0.3 is 0 Å². The summed E-state index contributed by atoms with van der Waals surface area (Å²) in [5.74, 6) is 0. The first-order valence-electron chi connectivity index (χ1n) is 3.92. The molecule has 0 amide bonds. The molecule has 0 bridgehead atoms. The largest absolute Gasteiger partial charge is 0.255 e. The van der Waals surface area contributed by atoms with Gasteiger partial charge in [-0.3, -0.25) is 4.21 Å². The molecular weight excluding hydrogens is 168 g/mol. The van der Waals surface area contributed by atoms with E-state index in [0.29, 0.717) is 0 Å². The van der Waals surface area contributed by atoms with E-state index in [9.17, 15) is 4.21 Å². The van der Waals surface area contributed by atoms with Crippen molar-refractivity contribution in [2.45, 2.75) is 20.8 Å². The third-order valence-corrected chi connectivity index (χ3v) is 2.30. The summed E-state index contributed by atoms with van der Waals surface area (Å²) in [6.45, 7) is 13.0. The molecule has 0 aliphatic rings. The number of hydrogen-bond acceptors (Lipinski definition) is 1. The SMILES string of the molecule is C=C/C(C)=C(\C=C)S(C)=O.CC. The molecule has 0 spiro atoms. The average Bonchev–Trinajstić information content (AvgIpc) is 2.08. The van der Waals surface area contributed by atoms with Crippen molar-refractivity contribution in [1.82, 2.24) is 0 Å². The van der Waals surface area contributed by atoms with Gasteiger partial charge in [0.25, 0.3) is 0 Å². The molecule has 0 saturated heterocycles. The predicted octanol–water partition coefficient (Wildman–Crippen LogP) is 3.04. The second kappa shape index (κ2) is 8.47. The standard InChI is InChI=1S/C8H12OS.C2H6/c1-5-7(3)8(6-2)10(4)9;1-2/h5-6H,1-2H2,3-4H3;1-2H3/b8-7+;. The zero-order chi connectivity index (χ0) is 10.1. The molecule has 0 radical (unpaired) electrons. The van der Waals surface area contributed by atoms with E-state index < -0.39 is 10.8 Å². The Morgan fingerprint density at radius 3 is 1.75 bits per heavy atom. The van der Waals surface area contributed by atoms with Crippen molar-refractivity contribution >= 4 is 10.8 Å². The van der Waals surface area contributed by atoms with Gasteiger partial charge in [-0.15, -0.1) is 0 Å². The molecule has 0 aromatic heterocycles. The molecule has 0 rings (SSSR count). The maximum atomic E-state index is 10.9. The van der Waals surface area contributed by atoms with Crippen LogP contribution >= 0.6 is 0 Å². The fourth-order valence-corrected chi connectivity index (χ4v) is 1.38. The van der Waals surface area contributed by atoms with Crippen molar-refractivity contribution in [2.24, 2.45) is 0 Å². The van der Waals surface area contributed by atoms with E-state index in [1.807, 2.05) is 20.8 Å². The fraction of sp³-hybridized carbons (Fsp3) is 0.400. The second-order valence-electron chi connectivity index (χ2n) is 1.91. The summed E-state index contributed by atoms with van der Waals surface area (Å²) in [6, 6.07) is 0. The third kappa shape index (κ3) is 5.08. The lowest BCUT2D eigenvalue weighted by Gasteiger charge is -1.98. The van der Waals surface area contributed by atoms with Crippen molar-refractivity contribution in [3.63, 3.8) is 0 Å². The average molecular weight is 186 g/mol. The molecule has 0 heterocycles. The van der Waals surface area contributed by atoms with E-state index in [2.05, 4.69) is 13.2 Å². The maximum Gasteiger partial charge on any atom is 0.0500 e. The first-order valence-corrected chi connectivity index (χ1v) is 5.48. The minimum atomic E-state index is -0.943. The van der Waals surface area contributed by atoms with Crippen LogP contribution in [0.1, 0.15) is 20.8 Å². The van der Waals surface area contributed by atoms with Crippen molar-refractivity contribution in [2.75, 3.05) is 6.26 Å². The van der Waals surface area contributed by atoms with Gasteiger partial charge in [-0.1, -0.05) is 39.2 Å². The van der Waals surface area contributed by atoms with E-state index in [1.54, 1.807) is 18.4 Å². The van der Waals surface area contributed by atoms with Crippen LogP contribution in [0.4, 0.5) is 0 Å². The minimum Gasteiger partial charge on any atom is -0.255 e. The molecule has 0 N–H and O–H groups in total. The monoisotopic (exact) mass is 186 g/mol. The van der Waals surface area contributed by atoms with Gasteiger partial charge in [0.05, 0.1) is 10.8 Å². The second-order valence-corrected chi connectivity index (χ2v) is 3.26. The van der Waals surface area contributed by atoms with Crippen LogP contribution in [-0.2, 0) is 10.8 Å². The molecular formula is C10H18OS. The van der Waals surface area contributed by atoms with Gasteiger partial charge in [-0.25, -0.2) is 0 Å². The molecule has 0 aromatic carbocycles. The molecule has 70 valence electrons. The van der Waals surface area contributed by atoms with E-state index in [0.717, 1.165) is 10.5 Å². The Balaban J connectivity index is 0. The highest BCUT2D eigenvalue weighted by molar-refractivity contribution is 7.88. The van der Waals surface area contributed by atoms with Crippen LogP contribution in [0.3, 0.4) is 0 Å². The van der Waals surface area contributed by atoms with Gasteiger partial charge < -0.3 is 0 Å². The summed E-state index contributed by atoms with van der Waals surface area (Å²) in [7, 11) is -0.943. The van der Waals surface area contributed by atoms with E-state index in [-0.39, 0.29) is 0 Å². The van der Waals surface area contributed by atoms with Crippen LogP contribution in [0.25, 0.3) is 0 Å². The zero-order valence-electron chi connectivity index (χ0n) is 8.39. The molecule has 0 fully saturated rings. The van der Waals surface area contributed by atoms with E-state index in [4.69, 9.17) is 0 Å². The molecule has 0 aliphatic heterocycles. The Bertz CT molecular complexity index is 202. The van der Waals surface area contributed by atoms with Crippen LogP contribution in [0, 0.1) is 0 Å². The van der Waals surface area contributed by atoms with Crippen LogP contribution in [-0.4, -0.2) is 10.5 Å². The van der Waals surface area contributed by atoms with Gasteiger partial charge in [0.1, 0.15) is 0 Å². The van der Waals surface area contributed by atoms with Crippen molar-refractivity contribution in [3.8, 4) is 0 Å². The highest BCUT2D eigenvalue weighted by Gasteiger charge is 1.98. The topological polar surface area (TPSA) is 17.1 Å². The lowest BCUT2D eigenvalue weighted by Crippen LogP contribution is -1.90. The summed E-state index contributed by atoms with van der Waals surface area (Å²) >= 11 is 0. The molecule has 1 atom stereocenters. The first-order chi connectivity index (χ1) is 5.63. The van der Waals surface area contributed by atoms with E-state index in [1.165, 1.54) is 0 Å². The zero-order valence-corrected chi connectivity index (χ0v) is 9.20. The van der Waals surface area contributed by atoms with Crippen LogP contribution in [0.15, 0.2) is 35.8 Å². The Morgan fingerprint density at radius 2 is 1.67 bits per heavy atom. The highest BCUT2D eigenvalue weighted by Crippen LogP contribution is 2.08. The summed E-state index contributed by atoms with van der Waals surface area (Å²) in [4.78, 5) is 0.759. The molecule has 1 unspecified atom stereocenters. The molecule has 0 aliphatic carbocycles. The maximum absolute atomic E-state index is 10.9. The molecule has 12 heavy (non-hydrogen) atoms. The Kier molecular flexibility index (Phi) is 9.83. The quantitative estimate of drug-likeness (QED) is 0.619. The molecule has 1 nitrogen and oxygen atoms in total. The van der Waals surface area contributed by atoms with Gasteiger partial charge in [-0.2, -0.15) is 0 Å². The van der Waals surface area contributed by atoms with Crippen molar-refractivity contribution in [1.29, 1.82) is 0 Å². The molecule has 0 aromatic rings. The lowest BCUT2D eigenvalue weighted by atomic mass is 10.3. The predicted molar refractivity (Wildman–Crippen MR) is 58.5 cm³/mol. The van der Waals surface area contributed by atoms with Gasteiger partial charge in [0, 0.05) is 11.2 Å². The minimum absolute atomic E-state index is 0.759. The number of allylic oxidation sites excluding steroid dienone is 3. The van der Waals surface area contributed by atoms with Crippen LogP contribution < -0.4 is 0 Å². The lowest BCUT2D eigenvalue weighted by molar-refractivity contribution is 0.690. The van der Waals surface area contributed by atoms with Gasteiger partial charge in [-0.05, 0) is 12.5 Å². The normalized spacial score (nSPS) is 13.3. The Labute approximate surface area is 78.3 Å². The summed E-state index contributed by atoms with van der Waals surface area (Å²) in [5, 5.41) is 0. The fourth-order valence-electron chi connectivity index (χ4n) is 0.606. The first kappa shape index (κ1) is 13.9. The van der Waals surface area contributed by atoms with Crippen molar-refractivity contribution in [3.05, 3.63) is 35.8 Å². The Hall–Kier alpha value is -0.630. The highest BCUT2D eigenvalue weighted by atomic mass is 32.2. The molecule has 2 heteroatoms. The number of hydrogen-bond donors (Lipinski definition) is 0. The summed E-state index contributed by atoms with van der Waals surface area (Å²) in [5.41, 5.74) is 0.927. The van der Waals surface area contributed by atoms with Gasteiger partial charge in [0.15, 0.2) is 0 Å². The van der Waals surface area contributed by atoms with Gasteiger partial charge in [0.2, 0.25) is 0 Å². The summed E-state index contributed by atoms with van der Waals surface area (Å²) in [6.07, 6.45) is 4.91. The smallest absolute Gasteiger partial charge is 0.0500 e. The number of rotatable bonds is 3. The van der Waals surface area contributed by atoms with E-state index >= 15 is 0 Å². The van der Waals surface area contributed by atoms with Crippen LogP contribution in [0.5, 0.6) is 0 Å². The molecule has 0 saturated carbocycles.